The lowest BCUT2D eigenvalue weighted by molar-refractivity contribution is 0.342. The van der Waals surface area contributed by atoms with Gasteiger partial charge in [0.1, 0.15) is 0 Å². The van der Waals surface area contributed by atoms with E-state index in [0.717, 1.165) is 0 Å². The largest absolute Gasteiger partial charge is 0.374 e. The molecule has 1 N–H and O–H groups in total. The molecule has 1 saturated heterocycles. The van der Waals surface area contributed by atoms with Gasteiger partial charge >= 0.3 is 0 Å². The predicted octanol–water partition coefficient (Wildman–Crippen LogP) is 5.71. The zero-order chi connectivity index (χ0) is 18.4. The average Bonchev–Trinajstić information content (AvgIpc) is 3.04. The van der Waals surface area contributed by atoms with Crippen LogP contribution in [0.15, 0.2) is 48.0 Å². The molecule has 0 radical (unpaired) electrons. The van der Waals surface area contributed by atoms with E-state index in [1.165, 1.54) is 60.2 Å². The Morgan fingerprint density at radius 1 is 1.15 bits per heavy atom. The number of anilines is 1. The fourth-order valence-electron chi connectivity index (χ4n) is 4.85. The summed E-state index contributed by atoms with van der Waals surface area (Å²) in [5, 5.41) is 7.42. The molecule has 3 atom stereocenters. The summed E-state index contributed by atoms with van der Waals surface area (Å²) in [4.78, 5) is 3.93. The van der Waals surface area contributed by atoms with Crippen LogP contribution < -0.4 is 5.32 Å². The molecule has 1 saturated carbocycles. The zero-order valence-corrected chi connectivity index (χ0v) is 17.1. The highest BCUT2D eigenvalue weighted by molar-refractivity contribution is 7.10. The number of nitrogens with one attached hydrogen (secondary N) is 1. The van der Waals surface area contributed by atoms with Crippen LogP contribution in [0, 0.1) is 5.92 Å². The third-order valence-corrected chi connectivity index (χ3v) is 7.72. The van der Waals surface area contributed by atoms with Crippen molar-refractivity contribution < 1.29 is 0 Å². The van der Waals surface area contributed by atoms with Gasteiger partial charge in [-0.2, -0.15) is 0 Å². The summed E-state index contributed by atoms with van der Waals surface area (Å²) < 4.78 is 2.52. The van der Waals surface area contributed by atoms with Crippen molar-refractivity contribution in [1.82, 2.24) is 9.47 Å². The molecular formula is C23H29N3S. The number of aromatic nitrogens is 1. The Morgan fingerprint density at radius 2 is 2.04 bits per heavy atom. The molecule has 1 aliphatic carbocycles. The molecule has 2 aromatic heterocycles. The highest BCUT2D eigenvalue weighted by atomic mass is 32.1. The summed E-state index contributed by atoms with van der Waals surface area (Å²) in [6.07, 6.45) is 7.36. The molecule has 1 aromatic carbocycles. The maximum Gasteiger partial charge on any atom is 0.0747 e. The number of hydrogen-bond acceptors (Lipinski definition) is 3. The van der Waals surface area contributed by atoms with Crippen molar-refractivity contribution in [1.29, 1.82) is 0 Å². The van der Waals surface area contributed by atoms with E-state index in [0.29, 0.717) is 12.0 Å². The molecule has 2 aliphatic rings. The Balaban J connectivity index is 1.41. The first kappa shape index (κ1) is 17.3. The SMILES string of the molecule is CC1CC1(Nc1ccc2c(ccn2C2CCCN(C)CC2)c1)c1cccs1. The third kappa shape index (κ3) is 3.09. The number of thiophene rings is 1. The molecule has 4 heteroatoms. The molecular weight excluding hydrogens is 350 g/mol. The second-order valence-electron chi connectivity index (χ2n) is 8.56. The van der Waals surface area contributed by atoms with Crippen molar-refractivity contribution in [2.24, 2.45) is 5.92 Å². The van der Waals surface area contributed by atoms with Gasteiger partial charge in [-0.25, -0.2) is 0 Å². The molecule has 1 aliphatic heterocycles. The number of benzene rings is 1. The standard InChI is InChI=1S/C23H29N3S/c1-17-16-23(17,22-6-4-14-27-22)24-19-7-8-21-18(15-19)9-13-26(21)20-5-3-11-25(2)12-10-20/h4,6-9,13-15,17,20,24H,3,5,10-12,16H2,1-2H3. The number of rotatable bonds is 4. The Kier molecular flexibility index (Phi) is 4.29. The Hall–Kier alpha value is -1.78. The molecule has 3 heterocycles. The Bertz CT molecular complexity index is 928. The van der Waals surface area contributed by atoms with Crippen LogP contribution in [0.25, 0.3) is 10.9 Å². The van der Waals surface area contributed by atoms with E-state index in [1.807, 2.05) is 11.3 Å². The maximum atomic E-state index is 3.87. The van der Waals surface area contributed by atoms with E-state index in [-0.39, 0.29) is 5.54 Å². The molecule has 5 rings (SSSR count). The van der Waals surface area contributed by atoms with E-state index < -0.39 is 0 Å². The first-order chi connectivity index (χ1) is 13.2. The molecule has 142 valence electrons. The fourth-order valence-corrected chi connectivity index (χ4v) is 5.86. The number of hydrogen-bond donors (Lipinski definition) is 1. The van der Waals surface area contributed by atoms with Crippen LogP contribution >= 0.6 is 11.3 Å². The number of likely N-dealkylation sites (tertiary alicyclic amines) is 1. The van der Waals surface area contributed by atoms with Crippen LogP contribution in [-0.4, -0.2) is 29.6 Å². The lowest BCUT2D eigenvalue weighted by Crippen LogP contribution is -2.19. The first-order valence-electron chi connectivity index (χ1n) is 10.3. The Morgan fingerprint density at radius 3 is 2.81 bits per heavy atom. The third-order valence-electron chi connectivity index (χ3n) is 6.67. The summed E-state index contributed by atoms with van der Waals surface area (Å²) >= 11 is 1.87. The summed E-state index contributed by atoms with van der Waals surface area (Å²) in [5.74, 6) is 0.694. The second-order valence-corrected chi connectivity index (χ2v) is 9.51. The van der Waals surface area contributed by atoms with Gasteiger partial charge in [0.05, 0.1) is 5.54 Å². The minimum Gasteiger partial charge on any atom is -0.374 e. The van der Waals surface area contributed by atoms with Crippen molar-refractivity contribution in [3.8, 4) is 0 Å². The van der Waals surface area contributed by atoms with Crippen LogP contribution in [0.3, 0.4) is 0 Å². The fraction of sp³-hybridized carbons (Fsp3) is 0.478. The topological polar surface area (TPSA) is 20.2 Å². The van der Waals surface area contributed by atoms with E-state index >= 15 is 0 Å². The lowest BCUT2D eigenvalue weighted by Gasteiger charge is -2.20. The van der Waals surface area contributed by atoms with Gasteiger partial charge in [-0.1, -0.05) is 13.0 Å². The number of fused-ring (bicyclic) bond motifs is 1. The smallest absolute Gasteiger partial charge is 0.0747 e. The van der Waals surface area contributed by atoms with Gasteiger partial charge in [0, 0.05) is 33.7 Å². The van der Waals surface area contributed by atoms with Gasteiger partial charge < -0.3 is 14.8 Å². The quantitative estimate of drug-likeness (QED) is 0.627. The molecule has 0 spiro atoms. The zero-order valence-electron chi connectivity index (χ0n) is 16.3. The van der Waals surface area contributed by atoms with Crippen molar-refractivity contribution in [3.05, 3.63) is 52.9 Å². The monoisotopic (exact) mass is 379 g/mol. The minimum atomic E-state index is 0.149. The lowest BCUT2D eigenvalue weighted by atomic mass is 10.1. The van der Waals surface area contributed by atoms with Crippen LogP contribution in [0.2, 0.25) is 0 Å². The molecule has 0 amide bonds. The van der Waals surface area contributed by atoms with Gasteiger partial charge in [-0.3, -0.25) is 0 Å². The highest BCUT2D eigenvalue weighted by Gasteiger charge is 2.53. The molecule has 3 unspecified atom stereocenters. The summed E-state index contributed by atoms with van der Waals surface area (Å²) in [6.45, 7) is 4.78. The molecule has 3 aromatic rings. The van der Waals surface area contributed by atoms with Gasteiger partial charge in [0.25, 0.3) is 0 Å². The molecule has 27 heavy (non-hydrogen) atoms. The van der Waals surface area contributed by atoms with E-state index in [4.69, 9.17) is 0 Å². The molecule has 3 nitrogen and oxygen atoms in total. The van der Waals surface area contributed by atoms with Crippen LogP contribution in [0.4, 0.5) is 5.69 Å². The number of nitrogens with zero attached hydrogens (tertiary/aromatic N) is 2. The van der Waals surface area contributed by atoms with Crippen molar-refractivity contribution in [3.63, 3.8) is 0 Å². The molecule has 2 fully saturated rings. The normalized spacial score (nSPS) is 29.0. The second kappa shape index (κ2) is 6.68. The predicted molar refractivity (Wildman–Crippen MR) is 116 cm³/mol. The van der Waals surface area contributed by atoms with Crippen LogP contribution in [0.1, 0.15) is 43.5 Å². The van der Waals surface area contributed by atoms with E-state index in [1.54, 1.807) is 0 Å². The van der Waals surface area contributed by atoms with Crippen molar-refractivity contribution in [2.75, 3.05) is 25.5 Å². The van der Waals surface area contributed by atoms with Gasteiger partial charge in [0.15, 0.2) is 0 Å². The van der Waals surface area contributed by atoms with E-state index in [2.05, 4.69) is 76.7 Å². The minimum absolute atomic E-state index is 0.149. The summed E-state index contributed by atoms with van der Waals surface area (Å²) in [7, 11) is 2.25. The average molecular weight is 380 g/mol. The van der Waals surface area contributed by atoms with Gasteiger partial charge in [-0.05, 0) is 87.5 Å². The van der Waals surface area contributed by atoms with Crippen LogP contribution in [-0.2, 0) is 5.54 Å². The highest BCUT2D eigenvalue weighted by Crippen LogP contribution is 2.55. The van der Waals surface area contributed by atoms with E-state index in [9.17, 15) is 0 Å². The first-order valence-corrected chi connectivity index (χ1v) is 11.1. The van der Waals surface area contributed by atoms with Gasteiger partial charge in [-0.15, -0.1) is 11.3 Å². The summed E-state index contributed by atoms with van der Waals surface area (Å²) in [6, 6.07) is 14.3. The Labute approximate surface area is 166 Å². The maximum absolute atomic E-state index is 3.87. The molecule has 0 bridgehead atoms. The van der Waals surface area contributed by atoms with Crippen molar-refractivity contribution in [2.45, 2.75) is 44.2 Å². The summed E-state index contributed by atoms with van der Waals surface area (Å²) in [5.41, 5.74) is 2.78. The van der Waals surface area contributed by atoms with Gasteiger partial charge in [0.2, 0.25) is 0 Å². The van der Waals surface area contributed by atoms with Crippen molar-refractivity contribution >= 4 is 27.9 Å². The van der Waals surface area contributed by atoms with Crippen LogP contribution in [0.5, 0.6) is 0 Å².